The molecule has 0 bridgehead atoms. The maximum atomic E-state index is 12.3. The molecule has 1 aromatic rings. The van der Waals surface area contributed by atoms with Crippen LogP contribution in [0, 0.1) is 0 Å². The summed E-state index contributed by atoms with van der Waals surface area (Å²) in [7, 11) is 1.56. The van der Waals surface area contributed by atoms with Crippen LogP contribution in [-0.4, -0.2) is 41.7 Å². The number of methoxy groups -OCH3 is 1. The molecule has 0 fully saturated rings. The van der Waals surface area contributed by atoms with E-state index in [2.05, 4.69) is 0 Å². The lowest BCUT2D eigenvalue weighted by atomic mass is 9.95. The van der Waals surface area contributed by atoms with Gasteiger partial charge >= 0.3 is 0 Å². The molecule has 0 aliphatic heterocycles. The van der Waals surface area contributed by atoms with Gasteiger partial charge in [0.25, 0.3) is 5.91 Å². The van der Waals surface area contributed by atoms with E-state index < -0.39 is 17.9 Å². The van der Waals surface area contributed by atoms with Crippen molar-refractivity contribution in [3.63, 3.8) is 0 Å². The average Bonchev–Trinajstić information content (AvgIpc) is 2.47. The number of benzene rings is 1. The van der Waals surface area contributed by atoms with Crippen LogP contribution in [0.5, 0.6) is 5.75 Å². The molecule has 4 nitrogen and oxygen atoms in total. The molecule has 2 atom stereocenters. The van der Waals surface area contributed by atoms with Gasteiger partial charge in [0.05, 0.1) is 7.11 Å². The highest BCUT2D eigenvalue weighted by molar-refractivity contribution is 5.84. The lowest BCUT2D eigenvalue weighted by Gasteiger charge is -2.29. The van der Waals surface area contributed by atoms with Crippen molar-refractivity contribution in [1.82, 2.24) is 4.90 Å². The molecule has 1 amide bonds. The first-order valence-corrected chi connectivity index (χ1v) is 6.46. The Kier molecular flexibility index (Phi) is 4.80. The molecule has 0 spiro atoms. The van der Waals surface area contributed by atoms with Crippen molar-refractivity contribution >= 4 is 5.91 Å². The first kappa shape index (κ1) is 13.9. The Morgan fingerprint density at radius 1 is 1.37 bits per heavy atom. The number of ether oxygens (including phenoxy) is 1. The molecule has 106 valence electrons. The highest BCUT2D eigenvalue weighted by Crippen LogP contribution is 2.19. The van der Waals surface area contributed by atoms with E-state index in [1.165, 1.54) is 11.8 Å². The normalized spacial score (nSPS) is 16.2. The van der Waals surface area contributed by atoms with Crippen LogP contribution in [0.1, 0.15) is 27.7 Å². The van der Waals surface area contributed by atoms with Gasteiger partial charge in [-0.25, -0.2) is 0 Å². The summed E-state index contributed by atoms with van der Waals surface area (Å²) in [5, 5.41) is 10.5. The Morgan fingerprint density at radius 3 is 2.32 bits per heavy atom. The van der Waals surface area contributed by atoms with E-state index in [4.69, 9.17) is 6.11 Å². The number of nitrogens with zero attached hydrogens (tertiary/aromatic N) is 1. The molecule has 4 heteroatoms. The SMILES string of the molecule is [2H]C(c1ccc(OC)cc1)C(C)(O)C(=O)N(CC)CC. The minimum Gasteiger partial charge on any atom is -0.497 e. The minimum atomic E-state index is -1.75. The zero-order chi connectivity index (χ0) is 15.3. The topological polar surface area (TPSA) is 49.8 Å². The Bertz CT molecular complexity index is 441. The van der Waals surface area contributed by atoms with Crippen LogP contribution >= 0.6 is 0 Å². The number of rotatable bonds is 6. The van der Waals surface area contributed by atoms with Gasteiger partial charge in [-0.1, -0.05) is 12.1 Å². The monoisotopic (exact) mass is 266 g/mol. The molecule has 1 aromatic carbocycles. The molecular weight excluding hydrogens is 242 g/mol. The fraction of sp³-hybridized carbons (Fsp3) is 0.533. The Balaban J connectivity index is 2.97. The summed E-state index contributed by atoms with van der Waals surface area (Å²) in [6.45, 7) is 6.13. The quantitative estimate of drug-likeness (QED) is 0.855. The fourth-order valence-electron chi connectivity index (χ4n) is 1.92. The van der Waals surface area contributed by atoms with Crippen molar-refractivity contribution in [2.24, 2.45) is 0 Å². The minimum absolute atomic E-state index is 0.418. The van der Waals surface area contributed by atoms with Crippen molar-refractivity contribution in [3.8, 4) is 5.75 Å². The Morgan fingerprint density at radius 2 is 1.89 bits per heavy atom. The smallest absolute Gasteiger partial charge is 0.254 e. The summed E-state index contributed by atoms with van der Waals surface area (Å²) in [6.07, 6.45) is -1.04. The lowest BCUT2D eigenvalue weighted by molar-refractivity contribution is -0.149. The van der Waals surface area contributed by atoms with Gasteiger partial charge in [0.15, 0.2) is 0 Å². The molecular formula is C15H23NO3. The van der Waals surface area contributed by atoms with Crippen LogP contribution in [-0.2, 0) is 11.2 Å². The second kappa shape index (κ2) is 6.57. The second-order valence-electron chi connectivity index (χ2n) is 4.54. The molecule has 1 rings (SSSR count). The maximum Gasteiger partial charge on any atom is 0.254 e. The van der Waals surface area contributed by atoms with Gasteiger partial charge in [-0.2, -0.15) is 0 Å². The van der Waals surface area contributed by atoms with Gasteiger partial charge in [-0.3, -0.25) is 4.79 Å². The van der Waals surface area contributed by atoms with E-state index in [9.17, 15) is 9.90 Å². The summed E-state index contributed by atoms with van der Waals surface area (Å²) < 4.78 is 13.2. The standard InChI is InChI=1S/C15H23NO3/c1-5-16(6-2)14(17)15(3,18)11-12-7-9-13(19-4)10-8-12/h7-10,18H,5-6,11H2,1-4H3/i11D. The molecule has 0 heterocycles. The highest BCUT2D eigenvalue weighted by Gasteiger charge is 2.33. The first-order valence-electron chi connectivity index (χ1n) is 7.04. The molecule has 0 aliphatic rings. The van der Waals surface area contributed by atoms with Gasteiger partial charge in [-0.15, -0.1) is 0 Å². The predicted octanol–water partition coefficient (Wildman–Crippen LogP) is 1.86. The van der Waals surface area contributed by atoms with Gasteiger partial charge in [0.2, 0.25) is 0 Å². The number of aliphatic hydroxyl groups is 1. The van der Waals surface area contributed by atoms with Crippen LogP contribution in [0.15, 0.2) is 24.3 Å². The summed E-state index contributed by atoms with van der Waals surface area (Å²) in [5.41, 5.74) is -1.17. The number of amides is 1. The summed E-state index contributed by atoms with van der Waals surface area (Å²) in [4.78, 5) is 13.8. The van der Waals surface area contributed by atoms with E-state index >= 15 is 0 Å². The number of likely N-dealkylation sites (N-methyl/N-ethyl adjacent to an activating group) is 1. The average molecular weight is 266 g/mol. The van der Waals surface area contributed by atoms with Crippen molar-refractivity contribution < 1.29 is 16.0 Å². The van der Waals surface area contributed by atoms with Crippen LogP contribution in [0.25, 0.3) is 0 Å². The first-order chi connectivity index (χ1) is 9.38. The van der Waals surface area contributed by atoms with E-state index in [1.807, 2.05) is 13.8 Å². The number of hydrogen-bond acceptors (Lipinski definition) is 3. The third-order valence-electron chi connectivity index (χ3n) is 3.05. The van der Waals surface area contributed by atoms with E-state index in [1.54, 1.807) is 31.4 Å². The maximum absolute atomic E-state index is 12.3. The van der Waals surface area contributed by atoms with Crippen molar-refractivity contribution in [2.75, 3.05) is 20.2 Å². The molecule has 19 heavy (non-hydrogen) atoms. The van der Waals surface area contributed by atoms with Crippen molar-refractivity contribution in [3.05, 3.63) is 29.8 Å². The van der Waals surface area contributed by atoms with Crippen molar-refractivity contribution in [2.45, 2.75) is 32.8 Å². The van der Waals surface area contributed by atoms with Crippen LogP contribution in [0.3, 0.4) is 0 Å². The summed E-state index contributed by atoms with van der Waals surface area (Å²) >= 11 is 0. The molecule has 1 N–H and O–H groups in total. The molecule has 0 saturated carbocycles. The summed E-state index contributed by atoms with van der Waals surface area (Å²) in [6, 6.07) is 6.82. The van der Waals surface area contributed by atoms with Gasteiger partial charge in [0.1, 0.15) is 11.4 Å². The zero-order valence-corrected chi connectivity index (χ0v) is 12.0. The lowest BCUT2D eigenvalue weighted by Crippen LogP contribution is -2.48. The largest absolute Gasteiger partial charge is 0.497 e. The number of carbonyl (C=O) groups excluding carboxylic acids is 1. The predicted molar refractivity (Wildman–Crippen MR) is 75.2 cm³/mol. The zero-order valence-electron chi connectivity index (χ0n) is 13.0. The van der Waals surface area contributed by atoms with E-state index in [0.717, 1.165) is 0 Å². The second-order valence-corrected chi connectivity index (χ2v) is 4.54. The van der Waals surface area contributed by atoms with E-state index in [-0.39, 0.29) is 0 Å². The van der Waals surface area contributed by atoms with Crippen LogP contribution in [0.4, 0.5) is 0 Å². The van der Waals surface area contributed by atoms with Gasteiger partial charge < -0.3 is 14.7 Å². The summed E-state index contributed by atoms with van der Waals surface area (Å²) in [5.74, 6) is 0.258. The third kappa shape index (κ3) is 3.96. The third-order valence-corrected chi connectivity index (χ3v) is 3.05. The molecule has 0 aromatic heterocycles. The Labute approximate surface area is 116 Å². The van der Waals surface area contributed by atoms with Gasteiger partial charge in [0, 0.05) is 20.9 Å². The Hall–Kier alpha value is -1.55. The van der Waals surface area contributed by atoms with Gasteiger partial charge in [-0.05, 0) is 38.5 Å². The highest BCUT2D eigenvalue weighted by atomic mass is 16.5. The molecule has 0 aliphatic carbocycles. The van der Waals surface area contributed by atoms with Crippen LogP contribution in [0.2, 0.25) is 0 Å². The van der Waals surface area contributed by atoms with Crippen LogP contribution < -0.4 is 4.74 Å². The number of carbonyl (C=O) groups is 1. The van der Waals surface area contributed by atoms with E-state index in [0.29, 0.717) is 24.4 Å². The van der Waals surface area contributed by atoms with Crippen molar-refractivity contribution in [1.29, 1.82) is 0 Å². The molecule has 2 unspecified atom stereocenters. The molecule has 0 saturated heterocycles. The fourth-order valence-corrected chi connectivity index (χ4v) is 1.92. The molecule has 0 radical (unpaired) electrons. The number of hydrogen-bond donors (Lipinski definition) is 1.